The molecule has 3 heterocycles. The molecule has 0 fully saturated rings. The number of fused-ring (bicyclic) bond motifs is 1. The van der Waals surface area contributed by atoms with Crippen molar-refractivity contribution in [3.8, 4) is 11.3 Å². The van der Waals surface area contributed by atoms with Gasteiger partial charge in [-0.05, 0) is 26.3 Å². The Kier molecular flexibility index (Phi) is 4.34. The Morgan fingerprint density at radius 3 is 2.58 bits per heavy atom. The first-order valence-electron chi connectivity index (χ1n) is 8.09. The van der Waals surface area contributed by atoms with Crippen molar-refractivity contribution in [1.29, 1.82) is 0 Å². The lowest BCUT2D eigenvalue weighted by Gasteiger charge is -2.08. The molecule has 3 aromatic rings. The number of hydrogen-bond acceptors (Lipinski definition) is 3. The maximum absolute atomic E-state index is 13.7. The number of halogens is 2. The molecule has 0 N–H and O–H groups in total. The smallest absolute Gasteiger partial charge is 0.264 e. The molecular formula is C17H21F2N5. The molecule has 0 atom stereocenters. The molecule has 128 valence electrons. The van der Waals surface area contributed by atoms with E-state index in [0.29, 0.717) is 29.0 Å². The monoisotopic (exact) mass is 333 g/mol. The lowest BCUT2D eigenvalue weighted by Crippen LogP contribution is -2.02. The molecule has 3 aromatic heterocycles. The molecule has 0 amide bonds. The van der Waals surface area contributed by atoms with Crippen molar-refractivity contribution in [1.82, 2.24) is 24.5 Å². The van der Waals surface area contributed by atoms with Crippen LogP contribution in [0.3, 0.4) is 0 Å². The first-order chi connectivity index (χ1) is 11.4. The van der Waals surface area contributed by atoms with Crippen molar-refractivity contribution in [2.75, 3.05) is 0 Å². The van der Waals surface area contributed by atoms with Gasteiger partial charge in [0, 0.05) is 30.4 Å². The Morgan fingerprint density at radius 1 is 1.25 bits per heavy atom. The predicted octanol–water partition coefficient (Wildman–Crippen LogP) is 4.19. The van der Waals surface area contributed by atoms with Crippen molar-refractivity contribution in [2.24, 2.45) is 7.05 Å². The predicted molar refractivity (Wildman–Crippen MR) is 89.1 cm³/mol. The fourth-order valence-corrected chi connectivity index (χ4v) is 2.91. The lowest BCUT2D eigenvalue weighted by molar-refractivity contribution is 0.153. The molecule has 24 heavy (non-hydrogen) atoms. The summed E-state index contributed by atoms with van der Waals surface area (Å²) in [6.07, 6.45) is 1.02. The lowest BCUT2D eigenvalue weighted by atomic mass is 10.1. The molecule has 0 saturated carbocycles. The zero-order valence-electron chi connectivity index (χ0n) is 14.3. The third-order valence-corrected chi connectivity index (χ3v) is 4.38. The van der Waals surface area contributed by atoms with Gasteiger partial charge < -0.3 is 0 Å². The molecule has 0 aliphatic rings. The third-order valence-electron chi connectivity index (χ3n) is 4.38. The van der Waals surface area contributed by atoms with Gasteiger partial charge in [-0.15, -0.1) is 0 Å². The van der Waals surface area contributed by atoms with Crippen LogP contribution in [0.25, 0.3) is 22.3 Å². The summed E-state index contributed by atoms with van der Waals surface area (Å²) < 4.78 is 30.8. The highest BCUT2D eigenvalue weighted by Crippen LogP contribution is 2.33. The Bertz CT molecular complexity index is 879. The fraction of sp³-hybridized carbons (Fsp3) is 0.471. The number of aromatic nitrogens is 5. The Balaban J connectivity index is 2.27. The average molecular weight is 333 g/mol. The molecule has 0 bridgehead atoms. The van der Waals surface area contributed by atoms with Crippen LogP contribution in [0.15, 0.2) is 12.3 Å². The normalized spacial score (nSPS) is 11.8. The van der Waals surface area contributed by atoms with Gasteiger partial charge in [0.2, 0.25) is 0 Å². The van der Waals surface area contributed by atoms with E-state index in [1.54, 1.807) is 22.5 Å². The highest BCUT2D eigenvalue weighted by molar-refractivity contribution is 5.85. The Morgan fingerprint density at radius 2 is 2.00 bits per heavy atom. The molecule has 0 unspecified atom stereocenters. The van der Waals surface area contributed by atoms with Gasteiger partial charge in [0.05, 0.1) is 23.0 Å². The molecular weight excluding hydrogens is 312 g/mol. The summed E-state index contributed by atoms with van der Waals surface area (Å²) in [6.45, 7) is 6.41. The quantitative estimate of drug-likeness (QED) is 0.703. The van der Waals surface area contributed by atoms with Crippen LogP contribution in [0.4, 0.5) is 8.78 Å². The molecule has 0 aliphatic heterocycles. The second-order valence-corrected chi connectivity index (χ2v) is 6.03. The van der Waals surface area contributed by atoms with E-state index in [2.05, 4.69) is 22.1 Å². The average Bonchev–Trinajstić information content (AvgIpc) is 3.05. The summed E-state index contributed by atoms with van der Waals surface area (Å²) >= 11 is 0. The molecule has 0 saturated heterocycles. The van der Waals surface area contributed by atoms with E-state index in [1.807, 2.05) is 14.0 Å². The van der Waals surface area contributed by atoms with Gasteiger partial charge in [-0.1, -0.05) is 13.3 Å². The summed E-state index contributed by atoms with van der Waals surface area (Å²) in [5, 5.41) is 9.09. The number of rotatable bonds is 5. The summed E-state index contributed by atoms with van der Waals surface area (Å²) in [7, 11) is 1.82. The standard InChI is InChI=1S/C17H21F2N5/c1-5-6-7-24-17-15(10(2)22-24)12(16(18)19)8-14(21-17)13-9-20-23(4)11(13)3/h8-9,16H,5-7H2,1-4H3. The van der Waals surface area contributed by atoms with Crippen molar-refractivity contribution in [3.63, 3.8) is 0 Å². The minimum absolute atomic E-state index is 0.0153. The second kappa shape index (κ2) is 6.30. The highest BCUT2D eigenvalue weighted by atomic mass is 19.3. The molecule has 3 rings (SSSR count). The highest BCUT2D eigenvalue weighted by Gasteiger charge is 2.22. The van der Waals surface area contributed by atoms with E-state index >= 15 is 0 Å². The SMILES string of the molecule is CCCCn1nc(C)c2c(C(F)F)cc(-c3cnn(C)c3C)nc21. The van der Waals surface area contributed by atoms with Crippen LogP contribution >= 0.6 is 0 Å². The van der Waals surface area contributed by atoms with Crippen LogP contribution in [0, 0.1) is 13.8 Å². The summed E-state index contributed by atoms with van der Waals surface area (Å²) in [6, 6.07) is 1.47. The van der Waals surface area contributed by atoms with Gasteiger partial charge in [-0.2, -0.15) is 10.2 Å². The number of aryl methyl sites for hydroxylation is 3. The number of alkyl halides is 2. The van der Waals surface area contributed by atoms with Gasteiger partial charge in [0.15, 0.2) is 5.65 Å². The van der Waals surface area contributed by atoms with Crippen LogP contribution in [0.5, 0.6) is 0 Å². The maximum Gasteiger partial charge on any atom is 0.264 e. The van der Waals surface area contributed by atoms with E-state index in [-0.39, 0.29) is 5.56 Å². The summed E-state index contributed by atoms with van der Waals surface area (Å²) in [5.74, 6) is 0. The van der Waals surface area contributed by atoms with Crippen LogP contribution in [0.2, 0.25) is 0 Å². The molecule has 7 heteroatoms. The largest absolute Gasteiger partial charge is 0.272 e. The zero-order chi connectivity index (χ0) is 17.4. The number of nitrogens with zero attached hydrogens (tertiary/aromatic N) is 5. The topological polar surface area (TPSA) is 48.5 Å². The van der Waals surface area contributed by atoms with Gasteiger partial charge in [0.25, 0.3) is 6.43 Å². The van der Waals surface area contributed by atoms with Crippen LogP contribution in [-0.2, 0) is 13.6 Å². The van der Waals surface area contributed by atoms with Gasteiger partial charge in [-0.25, -0.2) is 18.4 Å². The molecule has 0 aliphatic carbocycles. The third kappa shape index (κ3) is 2.68. The van der Waals surface area contributed by atoms with Crippen LogP contribution < -0.4 is 0 Å². The van der Waals surface area contributed by atoms with Crippen molar-refractivity contribution in [3.05, 3.63) is 29.2 Å². The van der Waals surface area contributed by atoms with E-state index in [9.17, 15) is 8.78 Å². The molecule has 0 spiro atoms. The minimum atomic E-state index is -2.58. The van der Waals surface area contributed by atoms with Crippen LogP contribution in [0.1, 0.15) is 43.1 Å². The van der Waals surface area contributed by atoms with Gasteiger partial charge in [0.1, 0.15) is 0 Å². The number of unbranched alkanes of at least 4 members (excludes halogenated alkanes) is 1. The Hall–Kier alpha value is -2.31. The van der Waals surface area contributed by atoms with E-state index < -0.39 is 6.43 Å². The molecule has 5 nitrogen and oxygen atoms in total. The molecule has 0 radical (unpaired) electrons. The number of pyridine rings is 1. The van der Waals surface area contributed by atoms with E-state index in [1.165, 1.54) is 6.07 Å². The first-order valence-corrected chi connectivity index (χ1v) is 8.09. The fourth-order valence-electron chi connectivity index (χ4n) is 2.91. The van der Waals surface area contributed by atoms with Crippen molar-refractivity contribution in [2.45, 2.75) is 46.6 Å². The van der Waals surface area contributed by atoms with E-state index in [0.717, 1.165) is 24.1 Å². The molecule has 0 aromatic carbocycles. The van der Waals surface area contributed by atoms with Gasteiger partial charge >= 0.3 is 0 Å². The second-order valence-electron chi connectivity index (χ2n) is 6.03. The summed E-state index contributed by atoms with van der Waals surface area (Å²) in [5.41, 5.74) is 3.27. The minimum Gasteiger partial charge on any atom is -0.272 e. The maximum atomic E-state index is 13.7. The van der Waals surface area contributed by atoms with E-state index in [4.69, 9.17) is 0 Å². The zero-order valence-corrected chi connectivity index (χ0v) is 14.3. The van der Waals surface area contributed by atoms with Crippen molar-refractivity contribution >= 4 is 11.0 Å². The van der Waals surface area contributed by atoms with Gasteiger partial charge in [-0.3, -0.25) is 4.68 Å². The first kappa shape index (κ1) is 16.5. The van der Waals surface area contributed by atoms with Crippen molar-refractivity contribution < 1.29 is 8.78 Å². The summed E-state index contributed by atoms with van der Waals surface area (Å²) in [4.78, 5) is 4.65. The number of hydrogen-bond donors (Lipinski definition) is 0. The van der Waals surface area contributed by atoms with Crippen LogP contribution in [-0.4, -0.2) is 24.5 Å². The Labute approximate surface area is 139 Å².